The van der Waals surface area contributed by atoms with Gasteiger partial charge in [0, 0.05) is 0 Å². The molecule has 110 valence electrons. The molecule has 1 unspecified atom stereocenters. The van der Waals surface area contributed by atoms with Gasteiger partial charge in [-0.05, 0) is 42.7 Å². The molecule has 2 rings (SSSR count). The summed E-state index contributed by atoms with van der Waals surface area (Å²) in [5.74, 6) is -0.302. The summed E-state index contributed by atoms with van der Waals surface area (Å²) in [7, 11) is 1.56. The van der Waals surface area contributed by atoms with Crippen molar-refractivity contribution in [2.24, 2.45) is 0 Å². The van der Waals surface area contributed by atoms with Crippen LogP contribution < -0.4 is 10.1 Å². The van der Waals surface area contributed by atoms with Gasteiger partial charge in [-0.1, -0.05) is 30.3 Å². The van der Waals surface area contributed by atoms with Crippen LogP contribution in [0, 0.1) is 13.8 Å². The average molecular weight is 285 g/mol. The third-order valence-electron chi connectivity index (χ3n) is 3.61. The molecule has 0 amide bonds. The smallest absolute Gasteiger partial charge is 0.330 e. The lowest BCUT2D eigenvalue weighted by molar-refractivity contribution is -0.138. The fourth-order valence-corrected chi connectivity index (χ4v) is 2.28. The zero-order valence-corrected chi connectivity index (χ0v) is 12.4. The Kier molecular flexibility index (Phi) is 4.48. The predicted molar refractivity (Wildman–Crippen MR) is 82.9 cm³/mol. The van der Waals surface area contributed by atoms with E-state index in [1.165, 1.54) is 0 Å². The van der Waals surface area contributed by atoms with E-state index in [2.05, 4.69) is 5.32 Å². The summed E-state index contributed by atoms with van der Waals surface area (Å²) in [4.78, 5) is 11.7. The molecule has 0 aliphatic heterocycles. The minimum Gasteiger partial charge on any atom is -0.495 e. The fraction of sp³-hybridized carbons (Fsp3) is 0.235. The maximum atomic E-state index is 11.7. The van der Waals surface area contributed by atoms with E-state index in [-0.39, 0.29) is 0 Å². The fourth-order valence-electron chi connectivity index (χ4n) is 2.28. The number of hydrogen-bond acceptors (Lipinski definition) is 3. The largest absolute Gasteiger partial charge is 0.495 e. The molecule has 0 saturated carbocycles. The molecule has 2 aromatic carbocycles. The van der Waals surface area contributed by atoms with Crippen LogP contribution in [0.25, 0.3) is 0 Å². The van der Waals surface area contributed by atoms with E-state index >= 15 is 0 Å². The molecule has 0 saturated heterocycles. The van der Waals surface area contributed by atoms with Gasteiger partial charge in [0.1, 0.15) is 5.75 Å². The number of rotatable bonds is 5. The number of nitrogens with one attached hydrogen (secondary N) is 1. The number of aliphatic carboxylic acids is 1. The van der Waals surface area contributed by atoms with Crippen molar-refractivity contribution >= 4 is 11.7 Å². The molecule has 2 N–H and O–H groups in total. The van der Waals surface area contributed by atoms with Crippen molar-refractivity contribution in [3.8, 4) is 5.75 Å². The van der Waals surface area contributed by atoms with E-state index in [0.717, 1.165) is 16.7 Å². The molecule has 4 nitrogen and oxygen atoms in total. The van der Waals surface area contributed by atoms with Gasteiger partial charge in [0.15, 0.2) is 6.04 Å². The van der Waals surface area contributed by atoms with Crippen LogP contribution >= 0.6 is 0 Å². The lowest BCUT2D eigenvalue weighted by Crippen LogP contribution is -2.22. The summed E-state index contributed by atoms with van der Waals surface area (Å²) in [6.07, 6.45) is 0. The highest BCUT2D eigenvalue weighted by atomic mass is 16.5. The lowest BCUT2D eigenvalue weighted by atomic mass is 9.97. The molecule has 21 heavy (non-hydrogen) atoms. The van der Waals surface area contributed by atoms with Crippen LogP contribution in [0.3, 0.4) is 0 Å². The molecule has 0 aliphatic rings. The van der Waals surface area contributed by atoms with Crippen LogP contribution in [0.15, 0.2) is 42.5 Å². The van der Waals surface area contributed by atoms with Crippen molar-refractivity contribution in [3.05, 3.63) is 59.2 Å². The van der Waals surface area contributed by atoms with E-state index in [1.54, 1.807) is 19.2 Å². The highest BCUT2D eigenvalue weighted by Gasteiger charge is 2.23. The van der Waals surface area contributed by atoms with Gasteiger partial charge in [0.25, 0.3) is 0 Å². The first-order chi connectivity index (χ1) is 10.0. The zero-order chi connectivity index (χ0) is 15.4. The summed E-state index contributed by atoms with van der Waals surface area (Å²) in [5, 5.41) is 12.6. The molecule has 0 bridgehead atoms. The van der Waals surface area contributed by atoms with E-state index < -0.39 is 12.0 Å². The molecule has 4 heteroatoms. The number of ether oxygens (including phenoxy) is 1. The molecule has 0 fully saturated rings. The van der Waals surface area contributed by atoms with Gasteiger partial charge in [-0.25, -0.2) is 4.79 Å². The number of hydrogen-bond donors (Lipinski definition) is 2. The predicted octanol–water partition coefficient (Wildman–Crippen LogP) is 3.55. The number of carboxylic acids is 1. The van der Waals surface area contributed by atoms with E-state index in [0.29, 0.717) is 11.4 Å². The Labute approximate surface area is 124 Å². The quantitative estimate of drug-likeness (QED) is 0.882. The van der Waals surface area contributed by atoms with Crippen molar-refractivity contribution < 1.29 is 14.6 Å². The summed E-state index contributed by atoms with van der Waals surface area (Å²) < 4.78 is 5.26. The Morgan fingerprint density at radius 3 is 2.52 bits per heavy atom. The first kappa shape index (κ1) is 14.9. The summed E-state index contributed by atoms with van der Waals surface area (Å²) in [6, 6.07) is 12.2. The Hall–Kier alpha value is -2.49. The second kappa shape index (κ2) is 6.31. The summed E-state index contributed by atoms with van der Waals surface area (Å²) in [5.41, 5.74) is 3.47. The van der Waals surface area contributed by atoms with E-state index in [4.69, 9.17) is 4.74 Å². The number of benzene rings is 2. The van der Waals surface area contributed by atoms with Crippen molar-refractivity contribution in [2.75, 3.05) is 12.4 Å². The third-order valence-corrected chi connectivity index (χ3v) is 3.61. The molecule has 0 heterocycles. The normalized spacial score (nSPS) is 11.8. The Morgan fingerprint density at radius 1 is 1.14 bits per heavy atom. The van der Waals surface area contributed by atoms with Crippen LogP contribution in [0.1, 0.15) is 22.7 Å². The van der Waals surface area contributed by atoms with Crippen molar-refractivity contribution in [1.29, 1.82) is 0 Å². The first-order valence-electron chi connectivity index (χ1n) is 6.73. The van der Waals surface area contributed by atoms with Crippen LogP contribution in [0.5, 0.6) is 5.75 Å². The highest BCUT2D eigenvalue weighted by molar-refractivity contribution is 5.80. The molecular weight excluding hydrogens is 266 g/mol. The maximum Gasteiger partial charge on any atom is 0.330 e. The Bertz CT molecular complexity index is 652. The maximum absolute atomic E-state index is 11.7. The van der Waals surface area contributed by atoms with Crippen molar-refractivity contribution in [3.63, 3.8) is 0 Å². The monoisotopic (exact) mass is 285 g/mol. The molecule has 0 aliphatic carbocycles. The Balaban J connectivity index is 2.41. The number of carbonyl (C=O) groups is 1. The minimum absolute atomic E-state index is 0.619. The molecule has 0 spiro atoms. The van der Waals surface area contributed by atoms with Crippen LogP contribution in [0.2, 0.25) is 0 Å². The number of para-hydroxylation sites is 2. The standard InChI is InChI=1S/C17H19NO3/c1-11-7-6-8-13(12(11)2)16(17(19)20)18-14-9-4-5-10-15(14)21-3/h4-10,16,18H,1-3H3,(H,19,20). The van der Waals surface area contributed by atoms with Gasteiger partial charge >= 0.3 is 5.97 Å². The van der Waals surface area contributed by atoms with Gasteiger partial charge in [-0.2, -0.15) is 0 Å². The van der Waals surface area contributed by atoms with Gasteiger partial charge in [-0.3, -0.25) is 0 Å². The van der Waals surface area contributed by atoms with E-state index in [9.17, 15) is 9.90 Å². The van der Waals surface area contributed by atoms with Crippen molar-refractivity contribution in [1.82, 2.24) is 0 Å². The second-order valence-electron chi connectivity index (χ2n) is 4.91. The second-order valence-corrected chi connectivity index (χ2v) is 4.91. The number of methoxy groups -OCH3 is 1. The first-order valence-corrected chi connectivity index (χ1v) is 6.73. The van der Waals surface area contributed by atoms with Crippen LogP contribution in [-0.4, -0.2) is 18.2 Å². The van der Waals surface area contributed by atoms with Gasteiger partial charge in [-0.15, -0.1) is 0 Å². The molecule has 0 aromatic heterocycles. The van der Waals surface area contributed by atoms with Gasteiger partial charge in [0.2, 0.25) is 0 Å². The van der Waals surface area contributed by atoms with Gasteiger partial charge < -0.3 is 15.2 Å². The minimum atomic E-state index is -0.922. The molecule has 2 aromatic rings. The Morgan fingerprint density at radius 2 is 1.86 bits per heavy atom. The third kappa shape index (κ3) is 3.16. The SMILES string of the molecule is COc1ccccc1NC(C(=O)O)c1cccc(C)c1C. The molecule has 1 atom stereocenters. The topological polar surface area (TPSA) is 58.6 Å². The zero-order valence-electron chi connectivity index (χ0n) is 12.4. The van der Waals surface area contributed by atoms with Gasteiger partial charge in [0.05, 0.1) is 12.8 Å². The number of anilines is 1. The lowest BCUT2D eigenvalue weighted by Gasteiger charge is -2.20. The van der Waals surface area contributed by atoms with E-state index in [1.807, 2.05) is 44.2 Å². The highest BCUT2D eigenvalue weighted by Crippen LogP contribution is 2.29. The molecule has 0 radical (unpaired) electrons. The van der Waals surface area contributed by atoms with Crippen molar-refractivity contribution in [2.45, 2.75) is 19.9 Å². The number of aryl methyl sites for hydroxylation is 1. The summed E-state index contributed by atoms with van der Waals surface area (Å²) in [6.45, 7) is 3.91. The summed E-state index contributed by atoms with van der Waals surface area (Å²) >= 11 is 0. The average Bonchev–Trinajstić information content (AvgIpc) is 2.48. The number of carboxylic acid groups (broad SMARTS) is 1. The van der Waals surface area contributed by atoms with Crippen LogP contribution in [0.4, 0.5) is 5.69 Å². The van der Waals surface area contributed by atoms with Crippen LogP contribution in [-0.2, 0) is 4.79 Å². The molecular formula is C17H19NO3.